The Bertz CT molecular complexity index is 358. The molecule has 0 saturated carbocycles. The number of piperidine rings is 1. The molecule has 1 aliphatic rings. The molecule has 1 aromatic rings. The van der Waals surface area contributed by atoms with Gasteiger partial charge >= 0.3 is 0 Å². The molecule has 0 aliphatic carbocycles. The number of oxazole rings is 1. The molecular formula is C10H13N3O. The third kappa shape index (κ3) is 1.58. The van der Waals surface area contributed by atoms with Crippen molar-refractivity contribution in [2.75, 3.05) is 18.0 Å². The lowest BCUT2D eigenvalue weighted by Crippen LogP contribution is -2.29. The maximum Gasteiger partial charge on any atom is 0.234 e. The third-order valence-corrected chi connectivity index (χ3v) is 2.47. The minimum atomic E-state index is 0.421. The van der Waals surface area contributed by atoms with Gasteiger partial charge in [-0.15, -0.1) is 0 Å². The minimum Gasteiger partial charge on any atom is -0.424 e. The number of anilines is 1. The normalized spacial score (nSPS) is 16.7. The molecule has 0 atom stereocenters. The molecule has 2 rings (SSSR count). The number of hydrogen-bond acceptors (Lipinski definition) is 4. The maximum atomic E-state index is 8.86. The van der Waals surface area contributed by atoms with Crippen LogP contribution in [0, 0.1) is 18.3 Å². The fourth-order valence-corrected chi connectivity index (χ4v) is 1.80. The Morgan fingerprint density at radius 2 is 2.07 bits per heavy atom. The molecular weight excluding hydrogens is 178 g/mol. The number of nitriles is 1. The van der Waals surface area contributed by atoms with Crippen LogP contribution in [0.3, 0.4) is 0 Å². The number of hydrogen-bond donors (Lipinski definition) is 0. The second-order valence-electron chi connectivity index (χ2n) is 3.55. The molecule has 14 heavy (non-hydrogen) atoms. The number of rotatable bonds is 1. The van der Waals surface area contributed by atoms with Crippen LogP contribution < -0.4 is 4.90 Å². The molecule has 4 nitrogen and oxygen atoms in total. The van der Waals surface area contributed by atoms with E-state index in [2.05, 4.69) is 16.0 Å². The summed E-state index contributed by atoms with van der Waals surface area (Å²) in [5, 5.41) is 8.86. The summed E-state index contributed by atoms with van der Waals surface area (Å²) in [7, 11) is 0. The van der Waals surface area contributed by atoms with Crippen molar-refractivity contribution in [2.24, 2.45) is 0 Å². The zero-order valence-corrected chi connectivity index (χ0v) is 8.29. The van der Waals surface area contributed by atoms with Crippen LogP contribution in [0.1, 0.15) is 30.8 Å². The molecule has 2 heterocycles. The number of nitrogens with zero attached hydrogens (tertiary/aromatic N) is 3. The summed E-state index contributed by atoms with van der Waals surface area (Å²) >= 11 is 0. The molecule has 0 radical (unpaired) electrons. The maximum absolute atomic E-state index is 8.86. The van der Waals surface area contributed by atoms with Gasteiger partial charge in [-0.2, -0.15) is 5.26 Å². The van der Waals surface area contributed by atoms with Crippen LogP contribution in [0.5, 0.6) is 0 Å². The topological polar surface area (TPSA) is 53.1 Å². The summed E-state index contributed by atoms with van der Waals surface area (Å²) in [6.07, 6.45) is 3.61. The van der Waals surface area contributed by atoms with Crippen LogP contribution in [0.2, 0.25) is 0 Å². The van der Waals surface area contributed by atoms with Crippen LogP contribution >= 0.6 is 0 Å². The highest BCUT2D eigenvalue weighted by atomic mass is 16.4. The van der Waals surface area contributed by atoms with Gasteiger partial charge in [0.05, 0.1) is 0 Å². The Morgan fingerprint density at radius 1 is 1.36 bits per heavy atom. The molecule has 1 saturated heterocycles. The van der Waals surface area contributed by atoms with Gasteiger partial charge in [0.1, 0.15) is 6.07 Å². The van der Waals surface area contributed by atoms with Gasteiger partial charge in [-0.05, 0) is 19.3 Å². The highest BCUT2D eigenvalue weighted by molar-refractivity contribution is 5.48. The summed E-state index contributed by atoms with van der Waals surface area (Å²) in [6.45, 7) is 3.72. The van der Waals surface area contributed by atoms with Gasteiger partial charge in [0, 0.05) is 20.0 Å². The predicted molar refractivity (Wildman–Crippen MR) is 52.0 cm³/mol. The Kier molecular flexibility index (Phi) is 2.40. The van der Waals surface area contributed by atoms with E-state index in [1.165, 1.54) is 19.3 Å². The minimum absolute atomic E-state index is 0.421. The van der Waals surface area contributed by atoms with Gasteiger partial charge < -0.3 is 9.32 Å². The smallest absolute Gasteiger partial charge is 0.234 e. The Labute approximate surface area is 83.1 Å². The van der Waals surface area contributed by atoms with Gasteiger partial charge in [0.25, 0.3) is 0 Å². The molecule has 1 aromatic heterocycles. The first-order chi connectivity index (χ1) is 6.81. The second-order valence-corrected chi connectivity index (χ2v) is 3.55. The lowest BCUT2D eigenvalue weighted by atomic mass is 10.1. The Hall–Kier alpha value is -1.50. The van der Waals surface area contributed by atoms with Crippen LogP contribution in [-0.2, 0) is 0 Å². The van der Waals surface area contributed by atoms with Gasteiger partial charge in [-0.1, -0.05) is 0 Å². The summed E-state index contributed by atoms with van der Waals surface area (Å²) in [6, 6.07) is 2.07. The van der Waals surface area contributed by atoms with E-state index in [1.54, 1.807) is 6.92 Å². The van der Waals surface area contributed by atoms with E-state index in [0.29, 0.717) is 17.5 Å². The van der Waals surface area contributed by atoms with Gasteiger partial charge in [-0.3, -0.25) is 0 Å². The van der Waals surface area contributed by atoms with Crippen LogP contribution in [0.4, 0.5) is 5.88 Å². The van der Waals surface area contributed by atoms with Gasteiger partial charge in [0.2, 0.25) is 11.6 Å². The second kappa shape index (κ2) is 3.70. The largest absolute Gasteiger partial charge is 0.424 e. The van der Waals surface area contributed by atoms with E-state index in [4.69, 9.17) is 9.68 Å². The van der Waals surface area contributed by atoms with Crippen molar-refractivity contribution in [1.82, 2.24) is 4.98 Å². The fraction of sp³-hybridized carbons (Fsp3) is 0.600. The fourth-order valence-electron chi connectivity index (χ4n) is 1.80. The Morgan fingerprint density at radius 3 is 2.71 bits per heavy atom. The first-order valence-corrected chi connectivity index (χ1v) is 4.94. The predicted octanol–water partition coefficient (Wildman–Crippen LogP) is 1.84. The zero-order chi connectivity index (χ0) is 9.97. The highest BCUT2D eigenvalue weighted by Gasteiger charge is 2.19. The van der Waals surface area contributed by atoms with Gasteiger partial charge in [0.15, 0.2) is 5.89 Å². The van der Waals surface area contributed by atoms with Crippen LogP contribution in [0.25, 0.3) is 0 Å². The lowest BCUT2D eigenvalue weighted by molar-refractivity contribution is 0.479. The van der Waals surface area contributed by atoms with Crippen molar-refractivity contribution in [2.45, 2.75) is 26.2 Å². The van der Waals surface area contributed by atoms with E-state index in [1.807, 2.05) is 0 Å². The first-order valence-electron chi connectivity index (χ1n) is 4.94. The summed E-state index contributed by atoms with van der Waals surface area (Å²) < 4.78 is 5.44. The zero-order valence-electron chi connectivity index (χ0n) is 8.29. The third-order valence-electron chi connectivity index (χ3n) is 2.47. The molecule has 0 spiro atoms. The average molecular weight is 191 g/mol. The molecule has 0 bridgehead atoms. The molecule has 1 fully saturated rings. The SMILES string of the molecule is Cc1nc(C#N)c(N2CCCCC2)o1. The summed E-state index contributed by atoms with van der Waals surface area (Å²) in [4.78, 5) is 6.15. The lowest BCUT2D eigenvalue weighted by Gasteiger charge is -2.25. The van der Waals surface area contributed by atoms with Crippen molar-refractivity contribution in [1.29, 1.82) is 5.26 Å². The van der Waals surface area contributed by atoms with E-state index in [0.717, 1.165) is 13.1 Å². The van der Waals surface area contributed by atoms with Crippen LogP contribution in [0.15, 0.2) is 4.42 Å². The molecule has 1 aliphatic heterocycles. The monoisotopic (exact) mass is 191 g/mol. The van der Waals surface area contributed by atoms with E-state index in [-0.39, 0.29) is 0 Å². The first kappa shape index (κ1) is 9.07. The van der Waals surface area contributed by atoms with Crippen molar-refractivity contribution in [3.63, 3.8) is 0 Å². The molecule has 0 N–H and O–H groups in total. The van der Waals surface area contributed by atoms with E-state index in [9.17, 15) is 0 Å². The van der Waals surface area contributed by atoms with E-state index < -0.39 is 0 Å². The molecule has 0 aromatic carbocycles. The van der Waals surface area contributed by atoms with Crippen molar-refractivity contribution < 1.29 is 4.42 Å². The van der Waals surface area contributed by atoms with Crippen molar-refractivity contribution in [3.05, 3.63) is 11.6 Å². The summed E-state index contributed by atoms with van der Waals surface area (Å²) in [5.74, 6) is 1.23. The van der Waals surface area contributed by atoms with E-state index >= 15 is 0 Å². The molecule has 0 unspecified atom stereocenters. The molecule has 74 valence electrons. The van der Waals surface area contributed by atoms with Crippen molar-refractivity contribution in [3.8, 4) is 6.07 Å². The number of aromatic nitrogens is 1. The van der Waals surface area contributed by atoms with Crippen LogP contribution in [-0.4, -0.2) is 18.1 Å². The molecule has 0 amide bonds. The van der Waals surface area contributed by atoms with Crippen molar-refractivity contribution >= 4 is 5.88 Å². The molecule has 4 heteroatoms. The average Bonchev–Trinajstić information content (AvgIpc) is 2.61. The quantitative estimate of drug-likeness (QED) is 0.679. The van der Waals surface area contributed by atoms with Gasteiger partial charge in [-0.25, -0.2) is 4.98 Å². The number of aryl methyl sites for hydroxylation is 1. The Balaban J connectivity index is 2.25. The standard InChI is InChI=1S/C10H13N3O/c1-8-12-9(7-11)10(14-8)13-5-3-2-4-6-13/h2-6H2,1H3. The highest BCUT2D eigenvalue weighted by Crippen LogP contribution is 2.24. The summed E-state index contributed by atoms with van der Waals surface area (Å²) in [5.41, 5.74) is 0.421.